The molecule has 0 spiro atoms. The lowest BCUT2D eigenvalue weighted by Crippen LogP contribution is -2.54. The lowest BCUT2D eigenvalue weighted by atomic mass is 9.99. The number of nitrogens with zero attached hydrogens (tertiary/aromatic N) is 6. The van der Waals surface area contributed by atoms with Gasteiger partial charge in [0, 0.05) is 49.1 Å². The van der Waals surface area contributed by atoms with Gasteiger partial charge in [-0.3, -0.25) is 9.89 Å². The summed E-state index contributed by atoms with van der Waals surface area (Å²) in [7, 11) is 2.13. The first-order chi connectivity index (χ1) is 18.9. The van der Waals surface area contributed by atoms with Crippen LogP contribution in [0.1, 0.15) is 36.5 Å². The van der Waals surface area contributed by atoms with Crippen LogP contribution in [0, 0.1) is 6.92 Å². The molecule has 2 atom stereocenters. The molecule has 10 heteroatoms. The van der Waals surface area contributed by atoms with Crippen LogP contribution in [0.5, 0.6) is 11.9 Å². The van der Waals surface area contributed by atoms with Gasteiger partial charge in [-0.05, 0) is 64.1 Å². The highest BCUT2D eigenvalue weighted by Gasteiger charge is 2.32. The molecule has 1 unspecified atom stereocenters. The Bertz CT molecular complexity index is 1450. The lowest BCUT2D eigenvalue weighted by Gasteiger charge is -2.40. The van der Waals surface area contributed by atoms with Crippen LogP contribution >= 0.6 is 0 Å². The molecular formula is C29H35N7O3. The molecule has 5 heterocycles. The van der Waals surface area contributed by atoms with E-state index in [-0.39, 0.29) is 11.9 Å². The first kappa shape index (κ1) is 25.4. The minimum atomic E-state index is -0.0451. The van der Waals surface area contributed by atoms with Gasteiger partial charge in [0.05, 0.1) is 17.3 Å². The van der Waals surface area contributed by atoms with Crippen molar-refractivity contribution in [1.29, 1.82) is 0 Å². The fraction of sp³-hybridized carbons (Fsp3) is 0.448. The molecule has 10 nitrogen and oxygen atoms in total. The second-order valence-electron chi connectivity index (χ2n) is 10.7. The van der Waals surface area contributed by atoms with Gasteiger partial charge in [0.2, 0.25) is 11.8 Å². The summed E-state index contributed by atoms with van der Waals surface area (Å²) in [6, 6.07) is 4.78. The number of carbonyl (C=O) groups is 1. The van der Waals surface area contributed by atoms with Crippen LogP contribution < -0.4 is 14.4 Å². The van der Waals surface area contributed by atoms with Crippen LogP contribution in [-0.4, -0.2) is 87.8 Å². The summed E-state index contributed by atoms with van der Waals surface area (Å²) < 4.78 is 12.7. The Hall–Kier alpha value is -3.92. The van der Waals surface area contributed by atoms with E-state index in [4.69, 9.17) is 19.4 Å². The summed E-state index contributed by atoms with van der Waals surface area (Å²) in [5.74, 6) is 2.04. The number of benzene rings is 1. The van der Waals surface area contributed by atoms with Crippen molar-refractivity contribution in [3.63, 3.8) is 0 Å². The van der Waals surface area contributed by atoms with E-state index >= 15 is 0 Å². The molecule has 2 fully saturated rings. The molecule has 0 bridgehead atoms. The number of fused-ring (bicyclic) bond motifs is 2. The molecule has 3 aliphatic heterocycles. The summed E-state index contributed by atoms with van der Waals surface area (Å²) >= 11 is 0. The number of aromatic amines is 1. The van der Waals surface area contributed by atoms with Gasteiger partial charge in [-0.1, -0.05) is 12.6 Å². The van der Waals surface area contributed by atoms with E-state index in [1.807, 2.05) is 17.2 Å². The number of likely N-dealkylation sites (tertiary alicyclic amines) is 1. The number of carbonyl (C=O) groups excluding carboxylic acids is 1. The SMILES string of the molecule is C=CC(=O)N1CCN(c2nc(OCC3CCCN3C)nc3c2CC=C(c2c(C)ccc4[nH]ncc24)O3)C[C@H]1C. The van der Waals surface area contributed by atoms with Crippen LogP contribution in [0.3, 0.4) is 0 Å². The monoisotopic (exact) mass is 529 g/mol. The highest BCUT2D eigenvalue weighted by Crippen LogP contribution is 2.39. The Morgan fingerprint density at radius 3 is 2.92 bits per heavy atom. The number of ether oxygens (including phenoxy) is 2. The predicted octanol–water partition coefficient (Wildman–Crippen LogP) is 3.33. The summed E-state index contributed by atoms with van der Waals surface area (Å²) in [6.07, 6.45) is 8.21. The number of aryl methyl sites for hydroxylation is 1. The first-order valence-electron chi connectivity index (χ1n) is 13.7. The third-order valence-electron chi connectivity index (χ3n) is 8.16. The molecule has 3 aliphatic rings. The van der Waals surface area contributed by atoms with Gasteiger partial charge in [-0.25, -0.2) is 0 Å². The number of anilines is 1. The third kappa shape index (κ3) is 4.73. The maximum absolute atomic E-state index is 12.3. The number of allylic oxidation sites excluding steroid dienone is 1. The summed E-state index contributed by atoms with van der Waals surface area (Å²) in [5.41, 5.74) is 3.99. The number of amides is 1. The zero-order chi connectivity index (χ0) is 27.1. The highest BCUT2D eigenvalue weighted by molar-refractivity contribution is 5.92. The lowest BCUT2D eigenvalue weighted by molar-refractivity contribution is -0.128. The smallest absolute Gasteiger partial charge is 0.321 e. The number of likely N-dealkylation sites (N-methyl/N-ethyl adjacent to an activating group) is 1. The van der Waals surface area contributed by atoms with Gasteiger partial charge >= 0.3 is 6.01 Å². The van der Waals surface area contributed by atoms with Gasteiger partial charge in [0.1, 0.15) is 18.2 Å². The predicted molar refractivity (Wildman–Crippen MR) is 150 cm³/mol. The van der Waals surface area contributed by atoms with Crippen LogP contribution in [0.2, 0.25) is 0 Å². The zero-order valence-electron chi connectivity index (χ0n) is 22.8. The minimum absolute atomic E-state index is 0.0170. The largest absolute Gasteiger partial charge is 0.462 e. The van der Waals surface area contributed by atoms with E-state index in [1.54, 1.807) is 0 Å². The number of nitrogens with one attached hydrogen (secondary N) is 1. The Kier molecular flexibility index (Phi) is 6.72. The topological polar surface area (TPSA) is 99.7 Å². The van der Waals surface area contributed by atoms with Gasteiger partial charge in [-0.2, -0.15) is 15.1 Å². The van der Waals surface area contributed by atoms with Crippen molar-refractivity contribution in [2.45, 2.75) is 45.2 Å². The maximum atomic E-state index is 12.3. The standard InChI is InChI=1S/C29H35N7O3/c1-5-25(37)36-14-13-35(16-19(36)3)27-21-9-11-24(26-18(2)8-10-23-22(26)15-30-33-23)39-28(21)32-29(31-27)38-17-20-7-6-12-34(20)4/h5,8,10-11,15,19-20H,1,6-7,9,12-14,16-17H2,2-4H3,(H,30,33)/t19-,20?/m1/s1. The molecule has 1 aromatic carbocycles. The molecule has 39 heavy (non-hydrogen) atoms. The van der Waals surface area contributed by atoms with Crippen LogP contribution in [-0.2, 0) is 11.2 Å². The van der Waals surface area contributed by atoms with Crippen molar-refractivity contribution in [2.24, 2.45) is 0 Å². The van der Waals surface area contributed by atoms with Crippen molar-refractivity contribution in [2.75, 3.05) is 44.7 Å². The van der Waals surface area contributed by atoms with Crippen LogP contribution in [0.4, 0.5) is 5.82 Å². The number of hydrogen-bond donors (Lipinski definition) is 1. The van der Waals surface area contributed by atoms with Gasteiger partial charge < -0.3 is 24.2 Å². The number of H-pyrrole nitrogens is 1. The van der Waals surface area contributed by atoms with E-state index in [2.05, 4.69) is 59.6 Å². The van der Waals surface area contributed by atoms with Gasteiger partial charge in [0.15, 0.2) is 0 Å². The average molecular weight is 530 g/mol. The molecule has 0 radical (unpaired) electrons. The zero-order valence-corrected chi connectivity index (χ0v) is 22.8. The molecule has 204 valence electrons. The number of hydrogen-bond acceptors (Lipinski definition) is 8. The second kappa shape index (κ2) is 10.3. The molecule has 1 N–H and O–H groups in total. The van der Waals surface area contributed by atoms with E-state index < -0.39 is 0 Å². The molecule has 3 aromatic rings. The summed E-state index contributed by atoms with van der Waals surface area (Å²) in [6.45, 7) is 11.3. The normalized spacial score (nSPS) is 21.5. The van der Waals surface area contributed by atoms with Crippen molar-refractivity contribution < 1.29 is 14.3 Å². The molecule has 2 aromatic heterocycles. The first-order valence-corrected chi connectivity index (χ1v) is 13.7. The van der Waals surface area contributed by atoms with Crippen LogP contribution in [0.25, 0.3) is 16.7 Å². The minimum Gasteiger partial charge on any atom is -0.462 e. The molecule has 0 saturated carbocycles. The third-order valence-corrected chi connectivity index (χ3v) is 8.16. The van der Waals surface area contributed by atoms with Crippen molar-refractivity contribution in [3.05, 3.63) is 53.8 Å². The van der Waals surface area contributed by atoms with Gasteiger partial charge in [0.25, 0.3) is 0 Å². The second-order valence-corrected chi connectivity index (χ2v) is 10.7. The quantitative estimate of drug-likeness (QED) is 0.486. The molecule has 0 aliphatic carbocycles. The van der Waals surface area contributed by atoms with Crippen LogP contribution in [0.15, 0.2) is 37.1 Å². The Morgan fingerprint density at radius 1 is 1.28 bits per heavy atom. The molecule has 1 amide bonds. The maximum Gasteiger partial charge on any atom is 0.321 e. The Labute approximate surface area is 228 Å². The Morgan fingerprint density at radius 2 is 2.15 bits per heavy atom. The Balaban J connectivity index is 1.33. The number of piperazine rings is 1. The summed E-state index contributed by atoms with van der Waals surface area (Å²) in [5, 5.41) is 8.29. The van der Waals surface area contributed by atoms with Crippen molar-refractivity contribution in [1.82, 2.24) is 30.0 Å². The van der Waals surface area contributed by atoms with Crippen molar-refractivity contribution in [3.8, 4) is 11.9 Å². The fourth-order valence-electron chi connectivity index (χ4n) is 5.92. The highest BCUT2D eigenvalue weighted by atomic mass is 16.5. The van der Waals surface area contributed by atoms with Gasteiger partial charge in [-0.15, -0.1) is 0 Å². The van der Waals surface area contributed by atoms with E-state index in [0.29, 0.717) is 50.6 Å². The molecule has 2 saturated heterocycles. The number of rotatable bonds is 6. The van der Waals surface area contributed by atoms with Crippen molar-refractivity contribution >= 4 is 28.4 Å². The van der Waals surface area contributed by atoms with E-state index in [0.717, 1.165) is 52.1 Å². The number of aromatic nitrogens is 4. The van der Waals surface area contributed by atoms with E-state index in [9.17, 15) is 4.79 Å². The molecular weight excluding hydrogens is 494 g/mol. The summed E-state index contributed by atoms with van der Waals surface area (Å²) in [4.78, 5) is 28.4. The fourth-order valence-corrected chi connectivity index (χ4v) is 5.92. The van der Waals surface area contributed by atoms with E-state index in [1.165, 1.54) is 12.5 Å². The molecule has 6 rings (SSSR count). The average Bonchev–Trinajstić information content (AvgIpc) is 3.59.